The van der Waals surface area contributed by atoms with Gasteiger partial charge < -0.3 is 5.32 Å². The Balaban J connectivity index is 2.23. The molecule has 2 unspecified atom stereocenters. The van der Waals surface area contributed by atoms with E-state index in [-0.39, 0.29) is 16.8 Å². The molecule has 0 aliphatic heterocycles. The van der Waals surface area contributed by atoms with Crippen LogP contribution in [0.15, 0.2) is 12.1 Å². The van der Waals surface area contributed by atoms with Crippen LogP contribution in [-0.4, -0.2) is 11.0 Å². The third-order valence-corrected chi connectivity index (χ3v) is 3.82. The zero-order valence-electron chi connectivity index (χ0n) is 10.7. The lowest BCUT2D eigenvalue weighted by Gasteiger charge is -2.28. The number of nitro benzene ring substituents is 1. The summed E-state index contributed by atoms with van der Waals surface area (Å²) in [4.78, 5) is 10.4. The number of benzene rings is 1. The molecule has 0 radical (unpaired) electrons. The summed E-state index contributed by atoms with van der Waals surface area (Å²) in [6.45, 7) is 2.17. The lowest BCUT2D eigenvalue weighted by molar-refractivity contribution is -0.384. The van der Waals surface area contributed by atoms with E-state index in [9.17, 15) is 14.5 Å². The van der Waals surface area contributed by atoms with Crippen LogP contribution in [0.5, 0.6) is 0 Å². The summed E-state index contributed by atoms with van der Waals surface area (Å²) in [6.07, 6.45) is 4.22. The van der Waals surface area contributed by atoms with Crippen LogP contribution in [0.25, 0.3) is 0 Å². The average Bonchev–Trinajstić information content (AvgIpc) is 2.33. The Labute approximate surface area is 116 Å². The molecule has 1 saturated carbocycles. The summed E-state index contributed by atoms with van der Waals surface area (Å²) in [5.41, 5.74) is 0.0376. The minimum Gasteiger partial charge on any atom is -0.377 e. The SMILES string of the molecule is CC1CCCC(Nc2cc(Cl)c(F)cc2[N+](=O)[O-])C1. The van der Waals surface area contributed by atoms with Gasteiger partial charge in [0.05, 0.1) is 16.0 Å². The lowest BCUT2D eigenvalue weighted by Crippen LogP contribution is -2.26. The van der Waals surface area contributed by atoms with Crippen molar-refractivity contribution < 1.29 is 9.31 Å². The third kappa shape index (κ3) is 3.35. The third-order valence-electron chi connectivity index (χ3n) is 3.53. The van der Waals surface area contributed by atoms with Gasteiger partial charge in [0.2, 0.25) is 0 Å². The highest BCUT2D eigenvalue weighted by Crippen LogP contribution is 2.33. The van der Waals surface area contributed by atoms with Crippen LogP contribution in [0.3, 0.4) is 0 Å². The maximum Gasteiger partial charge on any atom is 0.295 e. The number of nitro groups is 1. The van der Waals surface area contributed by atoms with Crippen LogP contribution in [0.2, 0.25) is 5.02 Å². The predicted molar refractivity (Wildman–Crippen MR) is 73.1 cm³/mol. The van der Waals surface area contributed by atoms with Crippen molar-refractivity contribution in [2.75, 3.05) is 5.32 Å². The van der Waals surface area contributed by atoms with E-state index in [0.717, 1.165) is 25.3 Å². The molecular weight excluding hydrogens is 271 g/mol. The first-order chi connectivity index (χ1) is 8.97. The number of nitrogens with one attached hydrogen (secondary N) is 1. The number of hydrogen-bond acceptors (Lipinski definition) is 3. The maximum absolute atomic E-state index is 13.3. The van der Waals surface area contributed by atoms with E-state index in [4.69, 9.17) is 11.6 Å². The highest BCUT2D eigenvalue weighted by molar-refractivity contribution is 6.31. The van der Waals surface area contributed by atoms with Crippen molar-refractivity contribution in [3.8, 4) is 0 Å². The first-order valence-electron chi connectivity index (χ1n) is 6.37. The molecule has 0 spiro atoms. The quantitative estimate of drug-likeness (QED) is 0.663. The van der Waals surface area contributed by atoms with Crippen molar-refractivity contribution in [1.82, 2.24) is 0 Å². The van der Waals surface area contributed by atoms with Gasteiger partial charge in [-0.05, 0) is 24.8 Å². The lowest BCUT2D eigenvalue weighted by atomic mass is 9.87. The zero-order valence-corrected chi connectivity index (χ0v) is 11.4. The van der Waals surface area contributed by atoms with Crippen LogP contribution in [0.1, 0.15) is 32.6 Å². The maximum atomic E-state index is 13.3. The number of hydrogen-bond donors (Lipinski definition) is 1. The van der Waals surface area contributed by atoms with Crippen LogP contribution < -0.4 is 5.32 Å². The fourth-order valence-electron chi connectivity index (χ4n) is 2.59. The van der Waals surface area contributed by atoms with E-state index in [2.05, 4.69) is 12.2 Å². The van der Waals surface area contributed by atoms with E-state index in [1.807, 2.05) is 0 Å². The zero-order chi connectivity index (χ0) is 14.0. The smallest absolute Gasteiger partial charge is 0.295 e. The van der Waals surface area contributed by atoms with Gasteiger partial charge in [0.25, 0.3) is 5.69 Å². The summed E-state index contributed by atoms with van der Waals surface area (Å²) >= 11 is 5.70. The monoisotopic (exact) mass is 286 g/mol. The molecule has 1 aromatic rings. The highest BCUT2D eigenvalue weighted by atomic mass is 35.5. The van der Waals surface area contributed by atoms with Crippen LogP contribution in [0.4, 0.5) is 15.8 Å². The van der Waals surface area contributed by atoms with Crippen molar-refractivity contribution >= 4 is 23.0 Å². The van der Waals surface area contributed by atoms with E-state index in [1.165, 1.54) is 12.5 Å². The molecule has 1 aliphatic carbocycles. The molecule has 0 saturated heterocycles. The molecule has 2 atom stereocenters. The number of halogens is 2. The molecule has 104 valence electrons. The second kappa shape index (κ2) is 5.74. The molecule has 0 heterocycles. The largest absolute Gasteiger partial charge is 0.377 e. The number of anilines is 1. The molecule has 1 aliphatic rings. The number of nitrogens with zero attached hydrogens (tertiary/aromatic N) is 1. The molecule has 1 aromatic carbocycles. The van der Waals surface area contributed by atoms with Crippen LogP contribution >= 0.6 is 11.6 Å². The molecule has 0 bridgehead atoms. The predicted octanol–water partition coefficient (Wildman–Crippen LogP) is 4.38. The summed E-state index contributed by atoms with van der Waals surface area (Å²) in [6, 6.07) is 2.36. The topological polar surface area (TPSA) is 55.2 Å². The van der Waals surface area contributed by atoms with E-state index in [0.29, 0.717) is 11.6 Å². The van der Waals surface area contributed by atoms with Gasteiger partial charge in [-0.1, -0.05) is 31.4 Å². The van der Waals surface area contributed by atoms with Gasteiger partial charge in [-0.15, -0.1) is 0 Å². The van der Waals surface area contributed by atoms with Gasteiger partial charge >= 0.3 is 0 Å². The number of rotatable bonds is 3. The normalized spacial score (nSPS) is 23.1. The van der Waals surface area contributed by atoms with Crippen LogP contribution in [0, 0.1) is 21.8 Å². The van der Waals surface area contributed by atoms with E-state index < -0.39 is 10.7 Å². The van der Waals surface area contributed by atoms with Gasteiger partial charge in [0.15, 0.2) is 0 Å². The molecule has 4 nitrogen and oxygen atoms in total. The van der Waals surface area contributed by atoms with Gasteiger partial charge in [0.1, 0.15) is 11.5 Å². The Bertz CT molecular complexity index is 496. The second-order valence-electron chi connectivity index (χ2n) is 5.15. The fourth-order valence-corrected chi connectivity index (χ4v) is 2.75. The molecular formula is C13H16ClFN2O2. The van der Waals surface area contributed by atoms with E-state index in [1.54, 1.807) is 0 Å². The Morgan fingerprint density at radius 3 is 2.84 bits per heavy atom. The summed E-state index contributed by atoms with van der Waals surface area (Å²) in [5.74, 6) is -0.169. The summed E-state index contributed by atoms with van der Waals surface area (Å²) in [7, 11) is 0. The molecule has 0 amide bonds. The first kappa shape index (κ1) is 14.1. The Morgan fingerprint density at radius 1 is 1.47 bits per heavy atom. The second-order valence-corrected chi connectivity index (χ2v) is 5.56. The van der Waals surface area contributed by atoms with Crippen molar-refractivity contribution in [3.05, 3.63) is 33.1 Å². The van der Waals surface area contributed by atoms with Crippen molar-refractivity contribution in [2.45, 2.75) is 38.6 Å². The molecule has 6 heteroatoms. The van der Waals surface area contributed by atoms with Crippen molar-refractivity contribution in [3.63, 3.8) is 0 Å². The van der Waals surface area contributed by atoms with Crippen LogP contribution in [-0.2, 0) is 0 Å². The van der Waals surface area contributed by atoms with Gasteiger partial charge in [-0.2, -0.15) is 0 Å². The molecule has 1 N–H and O–H groups in total. The molecule has 2 rings (SSSR count). The molecule has 19 heavy (non-hydrogen) atoms. The minimum atomic E-state index is -0.768. The molecule has 0 aromatic heterocycles. The van der Waals surface area contributed by atoms with Crippen molar-refractivity contribution in [2.24, 2.45) is 5.92 Å². The van der Waals surface area contributed by atoms with Crippen molar-refractivity contribution in [1.29, 1.82) is 0 Å². The first-order valence-corrected chi connectivity index (χ1v) is 6.75. The minimum absolute atomic E-state index is 0.100. The fraction of sp³-hybridized carbons (Fsp3) is 0.538. The van der Waals surface area contributed by atoms with Gasteiger partial charge in [-0.3, -0.25) is 10.1 Å². The standard InChI is InChI=1S/C13H16ClFN2O2/c1-8-3-2-4-9(5-8)16-12-6-10(14)11(15)7-13(12)17(18)19/h6-9,16H,2-5H2,1H3. The summed E-state index contributed by atoms with van der Waals surface area (Å²) < 4.78 is 13.3. The van der Waals surface area contributed by atoms with E-state index >= 15 is 0 Å². The Hall–Kier alpha value is -1.36. The van der Waals surface area contributed by atoms with Gasteiger partial charge in [0, 0.05) is 6.04 Å². The van der Waals surface area contributed by atoms with Gasteiger partial charge in [-0.25, -0.2) is 4.39 Å². The Morgan fingerprint density at radius 2 is 2.21 bits per heavy atom. The highest BCUT2D eigenvalue weighted by Gasteiger charge is 2.23. The summed E-state index contributed by atoms with van der Waals surface area (Å²) in [5, 5.41) is 14.0. The molecule has 1 fully saturated rings. The average molecular weight is 287 g/mol. The Kier molecular flexibility index (Phi) is 4.24.